The van der Waals surface area contributed by atoms with Gasteiger partial charge in [0.25, 0.3) is 0 Å². The van der Waals surface area contributed by atoms with Gasteiger partial charge in [-0.25, -0.2) is 0 Å². The largest absolute Gasteiger partial charge is 0.294 e. The average Bonchev–Trinajstić information content (AvgIpc) is 2.25. The molecule has 0 saturated carbocycles. The lowest BCUT2D eigenvalue weighted by molar-refractivity contribution is 0.0986. The molecule has 1 nitrogen and oxygen atoms in total. The van der Waals surface area contributed by atoms with E-state index in [1.807, 2.05) is 26.0 Å². The summed E-state index contributed by atoms with van der Waals surface area (Å²) in [5.74, 6) is 0.277. The lowest BCUT2D eigenvalue weighted by atomic mass is 9.94. The third-order valence-electron chi connectivity index (χ3n) is 2.76. The number of unbranched alkanes of at least 4 members (excludes halogenated alkanes) is 1. The molecule has 0 unspecified atom stereocenters. The SMILES string of the molecule is CCCCc1cccc(C)c1C(=O)CC. The number of carbonyl (C=O) groups is 1. The summed E-state index contributed by atoms with van der Waals surface area (Å²) < 4.78 is 0. The molecule has 0 spiro atoms. The Labute approximate surface area is 92.5 Å². The third-order valence-corrected chi connectivity index (χ3v) is 2.76. The Bertz CT molecular complexity index is 339. The molecule has 1 aromatic carbocycles. The number of aryl methyl sites for hydroxylation is 2. The van der Waals surface area contributed by atoms with E-state index in [1.54, 1.807) is 0 Å². The van der Waals surface area contributed by atoms with Gasteiger partial charge < -0.3 is 0 Å². The molecule has 15 heavy (non-hydrogen) atoms. The zero-order valence-corrected chi connectivity index (χ0v) is 9.97. The molecular weight excluding hydrogens is 184 g/mol. The zero-order valence-electron chi connectivity index (χ0n) is 9.97. The van der Waals surface area contributed by atoms with Crippen LogP contribution < -0.4 is 0 Å². The average molecular weight is 204 g/mol. The number of rotatable bonds is 5. The molecule has 0 aliphatic rings. The van der Waals surface area contributed by atoms with Gasteiger partial charge in [0.2, 0.25) is 0 Å². The van der Waals surface area contributed by atoms with Crippen LogP contribution in [0, 0.1) is 6.92 Å². The van der Waals surface area contributed by atoms with E-state index in [1.165, 1.54) is 12.0 Å². The molecule has 0 aromatic heterocycles. The Hall–Kier alpha value is -1.11. The van der Waals surface area contributed by atoms with E-state index in [0.717, 1.165) is 24.0 Å². The fraction of sp³-hybridized carbons (Fsp3) is 0.500. The third kappa shape index (κ3) is 2.92. The van der Waals surface area contributed by atoms with Crippen LogP contribution >= 0.6 is 0 Å². The fourth-order valence-corrected chi connectivity index (χ4v) is 1.88. The molecule has 0 heterocycles. The monoisotopic (exact) mass is 204 g/mol. The molecule has 0 amide bonds. The van der Waals surface area contributed by atoms with Crippen LogP contribution in [0.1, 0.15) is 54.6 Å². The molecule has 1 rings (SSSR count). The summed E-state index contributed by atoms with van der Waals surface area (Å²) in [6.07, 6.45) is 3.96. The van der Waals surface area contributed by atoms with Gasteiger partial charge in [-0.05, 0) is 30.9 Å². The fourth-order valence-electron chi connectivity index (χ4n) is 1.88. The van der Waals surface area contributed by atoms with Crippen molar-refractivity contribution < 1.29 is 4.79 Å². The molecule has 0 N–H and O–H groups in total. The van der Waals surface area contributed by atoms with Crippen LogP contribution in [0.4, 0.5) is 0 Å². The van der Waals surface area contributed by atoms with E-state index in [4.69, 9.17) is 0 Å². The second-order valence-electron chi connectivity index (χ2n) is 3.99. The van der Waals surface area contributed by atoms with Crippen LogP contribution in [0.3, 0.4) is 0 Å². The minimum atomic E-state index is 0.277. The van der Waals surface area contributed by atoms with Crippen molar-refractivity contribution in [1.29, 1.82) is 0 Å². The van der Waals surface area contributed by atoms with Crippen molar-refractivity contribution in [2.45, 2.75) is 46.5 Å². The Morgan fingerprint density at radius 1 is 1.27 bits per heavy atom. The van der Waals surface area contributed by atoms with Gasteiger partial charge in [-0.15, -0.1) is 0 Å². The lowest BCUT2D eigenvalue weighted by Crippen LogP contribution is -2.05. The Balaban J connectivity index is 3.03. The van der Waals surface area contributed by atoms with Gasteiger partial charge in [0, 0.05) is 12.0 Å². The zero-order chi connectivity index (χ0) is 11.3. The highest BCUT2D eigenvalue weighted by Crippen LogP contribution is 2.18. The van der Waals surface area contributed by atoms with Crippen molar-refractivity contribution in [1.82, 2.24) is 0 Å². The van der Waals surface area contributed by atoms with Gasteiger partial charge in [-0.3, -0.25) is 4.79 Å². The molecule has 1 aromatic rings. The van der Waals surface area contributed by atoms with Crippen molar-refractivity contribution in [2.75, 3.05) is 0 Å². The van der Waals surface area contributed by atoms with Crippen molar-refractivity contribution in [3.8, 4) is 0 Å². The van der Waals surface area contributed by atoms with E-state index < -0.39 is 0 Å². The van der Waals surface area contributed by atoms with Crippen molar-refractivity contribution >= 4 is 5.78 Å². The maximum Gasteiger partial charge on any atom is 0.163 e. The number of carbonyl (C=O) groups excluding carboxylic acids is 1. The number of hydrogen-bond donors (Lipinski definition) is 0. The predicted octanol–water partition coefficient (Wildman–Crippen LogP) is 3.93. The normalized spacial score (nSPS) is 10.3. The standard InChI is InChI=1S/C14H20O/c1-4-6-9-12-10-7-8-11(3)14(12)13(15)5-2/h7-8,10H,4-6,9H2,1-3H3. The summed E-state index contributed by atoms with van der Waals surface area (Å²) in [5.41, 5.74) is 3.31. The minimum absolute atomic E-state index is 0.277. The first-order valence-electron chi connectivity index (χ1n) is 5.82. The van der Waals surface area contributed by atoms with Crippen LogP contribution in [-0.4, -0.2) is 5.78 Å². The molecule has 0 aliphatic carbocycles. The maximum atomic E-state index is 11.8. The molecule has 0 radical (unpaired) electrons. The van der Waals surface area contributed by atoms with Crippen LogP contribution in [0.2, 0.25) is 0 Å². The van der Waals surface area contributed by atoms with E-state index in [9.17, 15) is 4.79 Å². The number of ketones is 1. The van der Waals surface area contributed by atoms with Crippen molar-refractivity contribution in [2.24, 2.45) is 0 Å². The summed E-state index contributed by atoms with van der Waals surface area (Å²) in [4.78, 5) is 11.8. The molecule has 0 aliphatic heterocycles. The van der Waals surface area contributed by atoms with Gasteiger partial charge >= 0.3 is 0 Å². The van der Waals surface area contributed by atoms with Gasteiger partial charge in [-0.1, -0.05) is 38.5 Å². The number of hydrogen-bond acceptors (Lipinski definition) is 1. The van der Waals surface area contributed by atoms with E-state index in [0.29, 0.717) is 6.42 Å². The van der Waals surface area contributed by atoms with E-state index >= 15 is 0 Å². The first-order valence-corrected chi connectivity index (χ1v) is 5.82. The van der Waals surface area contributed by atoms with Crippen molar-refractivity contribution in [3.05, 3.63) is 34.9 Å². The summed E-state index contributed by atoms with van der Waals surface area (Å²) >= 11 is 0. The van der Waals surface area contributed by atoms with Gasteiger partial charge in [-0.2, -0.15) is 0 Å². The molecule has 0 atom stereocenters. The molecule has 0 bridgehead atoms. The molecule has 0 saturated heterocycles. The molecule has 0 fully saturated rings. The Kier molecular flexibility index (Phi) is 4.54. The highest BCUT2D eigenvalue weighted by atomic mass is 16.1. The summed E-state index contributed by atoms with van der Waals surface area (Å²) in [7, 11) is 0. The van der Waals surface area contributed by atoms with Crippen LogP contribution in [0.15, 0.2) is 18.2 Å². The van der Waals surface area contributed by atoms with Crippen LogP contribution in [-0.2, 0) is 6.42 Å². The first kappa shape index (κ1) is 12.0. The van der Waals surface area contributed by atoms with Gasteiger partial charge in [0.1, 0.15) is 0 Å². The Morgan fingerprint density at radius 2 is 2.00 bits per heavy atom. The Morgan fingerprint density at radius 3 is 2.60 bits per heavy atom. The molecule has 82 valence electrons. The van der Waals surface area contributed by atoms with E-state index in [-0.39, 0.29) is 5.78 Å². The summed E-state index contributed by atoms with van der Waals surface area (Å²) in [6.45, 7) is 6.13. The topological polar surface area (TPSA) is 17.1 Å². The minimum Gasteiger partial charge on any atom is -0.294 e. The predicted molar refractivity (Wildman–Crippen MR) is 64.4 cm³/mol. The molecule has 1 heteroatoms. The summed E-state index contributed by atoms with van der Waals surface area (Å²) in [6, 6.07) is 6.16. The van der Waals surface area contributed by atoms with Crippen LogP contribution in [0.25, 0.3) is 0 Å². The lowest BCUT2D eigenvalue weighted by Gasteiger charge is -2.10. The number of Topliss-reactive ketones (excluding diaryl/α,β-unsaturated/α-hetero) is 1. The van der Waals surface area contributed by atoms with E-state index in [2.05, 4.69) is 13.0 Å². The van der Waals surface area contributed by atoms with Gasteiger partial charge in [0.05, 0.1) is 0 Å². The van der Waals surface area contributed by atoms with Gasteiger partial charge in [0.15, 0.2) is 5.78 Å². The molecular formula is C14H20O. The smallest absolute Gasteiger partial charge is 0.163 e. The second kappa shape index (κ2) is 5.69. The van der Waals surface area contributed by atoms with Crippen molar-refractivity contribution in [3.63, 3.8) is 0 Å². The van der Waals surface area contributed by atoms with Crippen LogP contribution in [0.5, 0.6) is 0 Å². The highest BCUT2D eigenvalue weighted by Gasteiger charge is 2.11. The highest BCUT2D eigenvalue weighted by molar-refractivity contribution is 5.98. The first-order chi connectivity index (χ1) is 7.20. The second-order valence-corrected chi connectivity index (χ2v) is 3.99. The summed E-state index contributed by atoms with van der Waals surface area (Å²) in [5, 5.41) is 0. The quantitative estimate of drug-likeness (QED) is 0.664. The maximum absolute atomic E-state index is 11.8. The number of benzene rings is 1.